The average molecular weight is 249 g/mol. The fourth-order valence-corrected chi connectivity index (χ4v) is 3.38. The minimum Gasteiger partial charge on any atom is -0.462 e. The Bertz CT molecular complexity index is 475. The van der Waals surface area contributed by atoms with Gasteiger partial charge in [-0.15, -0.1) is 11.3 Å². The first kappa shape index (κ1) is 12.2. The number of hydrogen-bond acceptors (Lipinski definition) is 5. The highest BCUT2D eigenvalue weighted by Crippen LogP contribution is 2.26. The SMILES string of the molecule is CCOC(=O)c1scc(C)c1S(N)(=O)=O. The predicted octanol–water partition coefficient (Wildman–Crippen LogP) is 0.881. The van der Waals surface area contributed by atoms with Gasteiger partial charge in [0.05, 0.1) is 6.61 Å². The van der Waals surface area contributed by atoms with Gasteiger partial charge in [-0.05, 0) is 24.8 Å². The molecule has 0 amide bonds. The second kappa shape index (κ2) is 4.30. The smallest absolute Gasteiger partial charge is 0.349 e. The molecule has 0 aliphatic rings. The number of carbonyl (C=O) groups excluding carboxylic acids is 1. The van der Waals surface area contributed by atoms with Crippen molar-refractivity contribution in [2.45, 2.75) is 18.7 Å². The minimum atomic E-state index is -3.87. The zero-order chi connectivity index (χ0) is 11.6. The van der Waals surface area contributed by atoms with Crippen LogP contribution in [0.25, 0.3) is 0 Å². The summed E-state index contributed by atoms with van der Waals surface area (Å²) in [6.45, 7) is 3.42. The van der Waals surface area contributed by atoms with Crippen LogP contribution in [0, 0.1) is 6.92 Å². The molecule has 1 aromatic heterocycles. The van der Waals surface area contributed by atoms with Crippen molar-refractivity contribution in [3.63, 3.8) is 0 Å². The molecule has 84 valence electrons. The van der Waals surface area contributed by atoms with E-state index in [1.54, 1.807) is 19.2 Å². The predicted molar refractivity (Wildman–Crippen MR) is 56.4 cm³/mol. The number of thiophene rings is 1. The van der Waals surface area contributed by atoms with Gasteiger partial charge >= 0.3 is 5.97 Å². The van der Waals surface area contributed by atoms with E-state index >= 15 is 0 Å². The summed E-state index contributed by atoms with van der Waals surface area (Å²) in [6.07, 6.45) is 0. The van der Waals surface area contributed by atoms with Crippen LogP contribution in [-0.2, 0) is 14.8 Å². The van der Waals surface area contributed by atoms with E-state index in [1.807, 2.05) is 0 Å². The number of rotatable bonds is 3. The van der Waals surface area contributed by atoms with Crippen molar-refractivity contribution in [2.24, 2.45) is 5.14 Å². The minimum absolute atomic E-state index is 0.0388. The van der Waals surface area contributed by atoms with E-state index in [1.165, 1.54) is 0 Å². The van der Waals surface area contributed by atoms with E-state index in [0.717, 1.165) is 11.3 Å². The maximum Gasteiger partial charge on any atom is 0.349 e. The molecule has 0 aliphatic heterocycles. The summed E-state index contributed by atoms with van der Waals surface area (Å²) >= 11 is 1.02. The molecule has 0 bridgehead atoms. The summed E-state index contributed by atoms with van der Waals surface area (Å²) in [5.41, 5.74) is 0.463. The molecule has 0 fully saturated rings. The molecule has 0 aromatic carbocycles. The van der Waals surface area contributed by atoms with E-state index in [0.29, 0.717) is 5.56 Å². The molecule has 0 radical (unpaired) electrons. The fraction of sp³-hybridized carbons (Fsp3) is 0.375. The molecule has 7 heteroatoms. The van der Waals surface area contributed by atoms with Crippen LogP contribution in [0.3, 0.4) is 0 Å². The maximum atomic E-state index is 11.4. The Labute approximate surface area is 91.9 Å². The highest BCUT2D eigenvalue weighted by Gasteiger charge is 2.24. The molecule has 0 aliphatic carbocycles. The molecule has 5 nitrogen and oxygen atoms in total. The summed E-state index contributed by atoms with van der Waals surface area (Å²) < 4.78 is 27.2. The highest BCUT2D eigenvalue weighted by atomic mass is 32.2. The molecular weight excluding hydrogens is 238 g/mol. The lowest BCUT2D eigenvalue weighted by atomic mass is 10.3. The third-order valence-corrected chi connectivity index (χ3v) is 3.97. The fourth-order valence-electron chi connectivity index (χ4n) is 1.12. The van der Waals surface area contributed by atoms with Gasteiger partial charge in [0.15, 0.2) is 0 Å². The second-order valence-corrected chi connectivity index (χ2v) is 5.22. The normalized spacial score (nSPS) is 11.4. The molecule has 1 rings (SSSR count). The number of carbonyl (C=O) groups is 1. The van der Waals surface area contributed by atoms with Crippen molar-refractivity contribution in [1.82, 2.24) is 0 Å². The zero-order valence-electron chi connectivity index (χ0n) is 8.31. The molecule has 1 heterocycles. The van der Waals surface area contributed by atoms with Crippen LogP contribution in [-0.4, -0.2) is 21.0 Å². The summed E-state index contributed by atoms with van der Waals surface area (Å²) in [5.74, 6) is -0.653. The average Bonchev–Trinajstić information content (AvgIpc) is 2.46. The van der Waals surface area contributed by atoms with E-state index in [-0.39, 0.29) is 16.4 Å². The molecule has 0 spiro atoms. The Hall–Kier alpha value is -0.920. The Kier molecular flexibility index (Phi) is 3.48. The number of ether oxygens (including phenoxy) is 1. The van der Waals surface area contributed by atoms with Crippen molar-refractivity contribution < 1.29 is 17.9 Å². The second-order valence-electron chi connectivity index (χ2n) is 2.84. The maximum absolute atomic E-state index is 11.4. The van der Waals surface area contributed by atoms with Gasteiger partial charge < -0.3 is 4.74 Å². The van der Waals surface area contributed by atoms with Crippen LogP contribution in [0.1, 0.15) is 22.2 Å². The van der Waals surface area contributed by atoms with Crippen molar-refractivity contribution in [1.29, 1.82) is 0 Å². The lowest BCUT2D eigenvalue weighted by molar-refractivity contribution is 0.0528. The molecular formula is C8H11NO4S2. The molecule has 0 unspecified atom stereocenters. The topological polar surface area (TPSA) is 86.5 Å². The van der Waals surface area contributed by atoms with Crippen LogP contribution in [0.5, 0.6) is 0 Å². The quantitative estimate of drug-likeness (QED) is 0.806. The number of sulfonamides is 1. The van der Waals surface area contributed by atoms with Gasteiger partial charge in [-0.1, -0.05) is 0 Å². The van der Waals surface area contributed by atoms with E-state index in [2.05, 4.69) is 0 Å². The third kappa shape index (κ3) is 2.55. The van der Waals surface area contributed by atoms with Gasteiger partial charge in [0.2, 0.25) is 10.0 Å². The largest absolute Gasteiger partial charge is 0.462 e. The standard InChI is InChI=1S/C8H11NO4S2/c1-3-13-8(10)6-7(15(9,11)12)5(2)4-14-6/h4H,3H2,1-2H3,(H2,9,11,12). The van der Waals surface area contributed by atoms with Crippen molar-refractivity contribution in [3.05, 3.63) is 15.8 Å². The van der Waals surface area contributed by atoms with Gasteiger partial charge in [0.25, 0.3) is 0 Å². The van der Waals surface area contributed by atoms with Gasteiger partial charge in [-0.25, -0.2) is 18.4 Å². The molecule has 0 atom stereocenters. The summed E-state index contributed by atoms with van der Waals surface area (Å²) in [6, 6.07) is 0. The lowest BCUT2D eigenvalue weighted by Gasteiger charge is -2.02. The Balaban J connectivity index is 3.27. The number of aryl methyl sites for hydroxylation is 1. The van der Waals surface area contributed by atoms with Crippen LogP contribution >= 0.6 is 11.3 Å². The van der Waals surface area contributed by atoms with Crippen LogP contribution in [0.4, 0.5) is 0 Å². The zero-order valence-corrected chi connectivity index (χ0v) is 9.94. The van der Waals surface area contributed by atoms with Gasteiger partial charge in [0.1, 0.15) is 9.77 Å². The van der Waals surface area contributed by atoms with Crippen molar-refractivity contribution in [3.8, 4) is 0 Å². The molecule has 2 N–H and O–H groups in total. The van der Waals surface area contributed by atoms with Gasteiger partial charge in [0, 0.05) is 0 Å². The molecule has 1 aromatic rings. The third-order valence-electron chi connectivity index (χ3n) is 1.66. The Morgan fingerprint density at radius 2 is 2.20 bits per heavy atom. The van der Waals surface area contributed by atoms with Crippen LogP contribution in [0.15, 0.2) is 10.3 Å². The summed E-state index contributed by atoms with van der Waals surface area (Å²) in [5, 5.41) is 6.57. The van der Waals surface area contributed by atoms with Gasteiger partial charge in [-0.2, -0.15) is 0 Å². The van der Waals surface area contributed by atoms with Crippen molar-refractivity contribution >= 4 is 27.3 Å². The van der Waals surface area contributed by atoms with Crippen LogP contribution in [0.2, 0.25) is 0 Å². The monoisotopic (exact) mass is 249 g/mol. The first-order valence-electron chi connectivity index (χ1n) is 4.16. The molecule has 15 heavy (non-hydrogen) atoms. The van der Waals surface area contributed by atoms with E-state index in [4.69, 9.17) is 9.88 Å². The molecule has 0 saturated carbocycles. The van der Waals surface area contributed by atoms with Crippen LogP contribution < -0.4 is 5.14 Å². The Morgan fingerprint density at radius 3 is 2.67 bits per heavy atom. The first-order valence-corrected chi connectivity index (χ1v) is 6.58. The summed E-state index contributed by atoms with van der Waals surface area (Å²) in [7, 11) is -3.87. The first-order chi connectivity index (χ1) is 6.88. The number of esters is 1. The Morgan fingerprint density at radius 1 is 1.60 bits per heavy atom. The number of nitrogens with two attached hydrogens (primary N) is 1. The van der Waals surface area contributed by atoms with E-state index in [9.17, 15) is 13.2 Å². The van der Waals surface area contributed by atoms with Crippen molar-refractivity contribution in [2.75, 3.05) is 6.61 Å². The molecule has 0 saturated heterocycles. The van der Waals surface area contributed by atoms with E-state index < -0.39 is 16.0 Å². The number of hydrogen-bond donors (Lipinski definition) is 1. The highest BCUT2D eigenvalue weighted by molar-refractivity contribution is 7.89. The van der Waals surface area contributed by atoms with Gasteiger partial charge in [-0.3, -0.25) is 0 Å². The summed E-state index contributed by atoms with van der Waals surface area (Å²) in [4.78, 5) is 11.3. The lowest BCUT2D eigenvalue weighted by Crippen LogP contribution is -2.17. The number of primary sulfonamides is 1.